The van der Waals surface area contributed by atoms with E-state index in [2.05, 4.69) is 132 Å². The zero-order valence-corrected chi connectivity index (χ0v) is 22.9. The molecule has 0 fully saturated rings. The summed E-state index contributed by atoms with van der Waals surface area (Å²) < 4.78 is 0. The zero-order valence-electron chi connectivity index (χ0n) is 22.9. The lowest BCUT2D eigenvalue weighted by Crippen LogP contribution is -2.12. The highest BCUT2D eigenvalue weighted by molar-refractivity contribution is 5.88. The Morgan fingerprint density at radius 2 is 1.17 bits per heavy atom. The summed E-state index contributed by atoms with van der Waals surface area (Å²) in [6.07, 6.45) is 5.46. The number of para-hydroxylation sites is 2. The van der Waals surface area contributed by atoms with Crippen molar-refractivity contribution in [2.45, 2.75) is 19.3 Å². The summed E-state index contributed by atoms with van der Waals surface area (Å²) in [7, 11) is 0. The van der Waals surface area contributed by atoms with Gasteiger partial charge in [0.25, 0.3) is 0 Å². The fraction of sp³-hybridized carbons (Fsp3) is 0.0789. The van der Waals surface area contributed by atoms with Crippen LogP contribution in [0.4, 0.5) is 28.4 Å². The van der Waals surface area contributed by atoms with E-state index >= 15 is 0 Å². The van der Waals surface area contributed by atoms with Crippen LogP contribution in [0.5, 0.6) is 0 Å². The van der Waals surface area contributed by atoms with Crippen LogP contribution in [-0.2, 0) is 12.8 Å². The van der Waals surface area contributed by atoms with Gasteiger partial charge in [0.05, 0.1) is 17.6 Å². The number of rotatable bonds is 7. The third-order valence-corrected chi connectivity index (χ3v) is 7.83. The maximum absolute atomic E-state index is 4.97. The highest BCUT2D eigenvalue weighted by atomic mass is 15.5. The summed E-state index contributed by atoms with van der Waals surface area (Å²) in [6.45, 7) is 0. The van der Waals surface area contributed by atoms with Gasteiger partial charge >= 0.3 is 0 Å². The molecule has 0 heterocycles. The molecule has 0 spiro atoms. The van der Waals surface area contributed by atoms with E-state index in [1.165, 1.54) is 39.7 Å². The average molecular weight is 530 g/mol. The molecule has 0 saturated heterocycles. The van der Waals surface area contributed by atoms with Crippen molar-refractivity contribution in [3.8, 4) is 0 Å². The molecule has 1 aliphatic carbocycles. The summed E-state index contributed by atoms with van der Waals surface area (Å²) >= 11 is 0. The molecule has 3 nitrogen and oxygen atoms in total. The van der Waals surface area contributed by atoms with E-state index in [0.717, 1.165) is 35.5 Å². The van der Waals surface area contributed by atoms with Gasteiger partial charge in [-0.2, -0.15) is 5.10 Å². The van der Waals surface area contributed by atoms with Gasteiger partial charge in [0.1, 0.15) is 0 Å². The van der Waals surface area contributed by atoms with Gasteiger partial charge in [-0.15, -0.1) is 0 Å². The molecule has 198 valence electrons. The number of aryl methyl sites for hydroxylation is 1. The van der Waals surface area contributed by atoms with Crippen molar-refractivity contribution in [3.63, 3.8) is 0 Å². The van der Waals surface area contributed by atoms with Crippen LogP contribution in [0.2, 0.25) is 0 Å². The summed E-state index contributed by atoms with van der Waals surface area (Å²) in [6, 6.07) is 51.3. The number of hydrogen-bond donors (Lipinski definition) is 0. The number of nitrogens with zero attached hydrogens (tertiary/aromatic N) is 3. The summed E-state index contributed by atoms with van der Waals surface area (Å²) in [5.41, 5.74) is 9.61. The minimum absolute atomic E-state index is 1.02. The Morgan fingerprint density at radius 1 is 0.512 bits per heavy atom. The van der Waals surface area contributed by atoms with Crippen LogP contribution in [0, 0.1) is 0 Å². The van der Waals surface area contributed by atoms with Crippen LogP contribution >= 0.6 is 0 Å². The molecule has 0 aromatic heterocycles. The van der Waals surface area contributed by atoms with E-state index in [1.807, 2.05) is 29.4 Å². The van der Waals surface area contributed by atoms with Crippen molar-refractivity contribution in [3.05, 3.63) is 162 Å². The first-order valence-corrected chi connectivity index (χ1v) is 14.3. The van der Waals surface area contributed by atoms with Crippen molar-refractivity contribution >= 4 is 45.4 Å². The number of anilines is 5. The predicted octanol–water partition coefficient (Wildman–Crippen LogP) is 9.97. The Bertz CT molecular complexity index is 1810. The van der Waals surface area contributed by atoms with Gasteiger partial charge in [-0.1, -0.05) is 91.0 Å². The second kappa shape index (κ2) is 11.1. The lowest BCUT2D eigenvalue weighted by Gasteiger charge is -2.27. The molecule has 0 atom stereocenters. The fourth-order valence-corrected chi connectivity index (χ4v) is 5.81. The molecular weight excluding hydrogens is 498 g/mol. The number of hydrogen-bond acceptors (Lipinski definition) is 3. The molecule has 0 bridgehead atoms. The van der Waals surface area contributed by atoms with Crippen LogP contribution in [0.15, 0.2) is 151 Å². The van der Waals surface area contributed by atoms with E-state index in [-0.39, 0.29) is 0 Å². The van der Waals surface area contributed by atoms with E-state index in [4.69, 9.17) is 5.10 Å². The second-order valence-electron chi connectivity index (χ2n) is 10.5. The zero-order chi connectivity index (χ0) is 27.4. The van der Waals surface area contributed by atoms with Crippen molar-refractivity contribution in [2.75, 3.05) is 9.91 Å². The quantitative estimate of drug-likeness (QED) is 0.151. The van der Waals surface area contributed by atoms with E-state index in [1.54, 1.807) is 0 Å². The largest absolute Gasteiger partial charge is 0.310 e. The molecule has 6 aromatic rings. The predicted molar refractivity (Wildman–Crippen MR) is 173 cm³/mol. The maximum atomic E-state index is 4.97. The van der Waals surface area contributed by atoms with Gasteiger partial charge in [0.2, 0.25) is 0 Å². The SMILES string of the molecule is C(=N\N(c1ccccc1)c1ccc2ccccc2c1)/c1ccc(N(c2ccccc2)c2cccc3c2CCC3)cc1. The second-order valence-corrected chi connectivity index (χ2v) is 10.5. The normalized spacial score (nSPS) is 12.5. The molecule has 1 aliphatic rings. The van der Waals surface area contributed by atoms with Gasteiger partial charge in [0, 0.05) is 17.1 Å². The molecule has 0 amide bonds. The highest BCUT2D eigenvalue weighted by Crippen LogP contribution is 2.40. The average Bonchev–Trinajstić information content (AvgIpc) is 3.53. The molecule has 41 heavy (non-hydrogen) atoms. The molecular formula is C38H31N3. The molecule has 0 saturated carbocycles. The third kappa shape index (κ3) is 5.10. The maximum Gasteiger partial charge on any atom is 0.0659 e. The van der Waals surface area contributed by atoms with Crippen LogP contribution < -0.4 is 9.91 Å². The van der Waals surface area contributed by atoms with Crippen molar-refractivity contribution in [1.82, 2.24) is 0 Å². The Hall–Kier alpha value is -5.15. The van der Waals surface area contributed by atoms with Gasteiger partial charge < -0.3 is 4.90 Å². The van der Waals surface area contributed by atoms with Crippen molar-refractivity contribution < 1.29 is 0 Å². The monoisotopic (exact) mass is 529 g/mol. The number of fused-ring (bicyclic) bond motifs is 2. The lowest BCUT2D eigenvalue weighted by molar-refractivity contribution is 0.911. The number of hydrazone groups is 1. The van der Waals surface area contributed by atoms with Crippen LogP contribution in [0.1, 0.15) is 23.1 Å². The molecule has 0 N–H and O–H groups in total. The third-order valence-electron chi connectivity index (χ3n) is 7.83. The standard InChI is InChI=1S/C38H31N3/c1-3-15-33(16-4-1)40(38-20-10-14-31-13-9-19-37(31)38)34-24-21-29(22-25-34)28-39-41(35-17-5-2-6-18-35)36-26-23-30-11-7-8-12-32(30)27-36/h1-8,10-12,14-18,20-28H,9,13,19H2/b39-28+. The molecule has 0 unspecified atom stereocenters. The fourth-order valence-electron chi connectivity index (χ4n) is 5.81. The Morgan fingerprint density at radius 3 is 1.95 bits per heavy atom. The highest BCUT2D eigenvalue weighted by Gasteiger charge is 2.20. The van der Waals surface area contributed by atoms with E-state index in [9.17, 15) is 0 Å². The first-order chi connectivity index (χ1) is 20.3. The summed E-state index contributed by atoms with van der Waals surface area (Å²) in [4.78, 5) is 2.39. The smallest absolute Gasteiger partial charge is 0.0659 e. The van der Waals surface area contributed by atoms with Gasteiger partial charge in [-0.25, -0.2) is 5.01 Å². The molecule has 6 aromatic carbocycles. The molecule has 7 rings (SSSR count). The minimum atomic E-state index is 1.02. The van der Waals surface area contributed by atoms with Crippen LogP contribution in [0.25, 0.3) is 10.8 Å². The Kier molecular flexibility index (Phi) is 6.76. The minimum Gasteiger partial charge on any atom is -0.310 e. The van der Waals surface area contributed by atoms with Gasteiger partial charge in [-0.3, -0.25) is 0 Å². The van der Waals surface area contributed by atoms with E-state index < -0.39 is 0 Å². The van der Waals surface area contributed by atoms with E-state index in [0.29, 0.717) is 0 Å². The van der Waals surface area contributed by atoms with Gasteiger partial charge in [0.15, 0.2) is 0 Å². The summed E-state index contributed by atoms with van der Waals surface area (Å²) in [5.74, 6) is 0. The molecule has 0 aliphatic heterocycles. The first kappa shape index (κ1) is 24.9. The van der Waals surface area contributed by atoms with Crippen LogP contribution in [-0.4, -0.2) is 6.21 Å². The molecule has 3 heteroatoms. The first-order valence-electron chi connectivity index (χ1n) is 14.3. The Labute approximate surface area is 241 Å². The summed E-state index contributed by atoms with van der Waals surface area (Å²) in [5, 5.41) is 9.39. The number of benzene rings is 6. The lowest BCUT2D eigenvalue weighted by atomic mass is 10.1. The van der Waals surface area contributed by atoms with Gasteiger partial charge in [-0.05, 0) is 101 Å². The Balaban J connectivity index is 1.23. The van der Waals surface area contributed by atoms with Crippen molar-refractivity contribution in [2.24, 2.45) is 5.10 Å². The molecule has 0 radical (unpaired) electrons. The van der Waals surface area contributed by atoms with Crippen molar-refractivity contribution in [1.29, 1.82) is 0 Å². The topological polar surface area (TPSA) is 18.8 Å². The van der Waals surface area contributed by atoms with Crippen LogP contribution in [0.3, 0.4) is 0 Å².